The Bertz CT molecular complexity index is 1370. The van der Waals surface area contributed by atoms with Gasteiger partial charge in [-0.05, 0) is 93.5 Å². The van der Waals surface area contributed by atoms with Gasteiger partial charge >= 0.3 is 5.97 Å². The summed E-state index contributed by atoms with van der Waals surface area (Å²) in [6, 6.07) is 11.8. The van der Waals surface area contributed by atoms with Gasteiger partial charge in [-0.2, -0.15) is 0 Å². The van der Waals surface area contributed by atoms with Crippen molar-refractivity contribution >= 4 is 50.8 Å². The number of nitrogens with one attached hydrogen (secondary N) is 1. The van der Waals surface area contributed by atoms with Gasteiger partial charge in [0.1, 0.15) is 6.54 Å². The summed E-state index contributed by atoms with van der Waals surface area (Å²) >= 11 is 1.57. The van der Waals surface area contributed by atoms with Crippen molar-refractivity contribution in [3.63, 3.8) is 0 Å². The normalized spacial score (nSPS) is 16.9. The predicted octanol–water partition coefficient (Wildman–Crippen LogP) is 6.20. The molecule has 8 nitrogen and oxygen atoms in total. The molecule has 3 aromatic rings. The lowest BCUT2D eigenvalue weighted by molar-refractivity contribution is -0.137. The molecule has 220 valence electrons. The standard InChI is InChI=1S/C32H41N3O5S/c1-3-34(25-9-7-8-22(2)18-25)30(37)21-35-26-15-17-41-29(26)20-27(35)28(36)19-23-11-13-24(14-12-23)32(40)33-16-6-4-5-10-31(38)39/h7-9,15,17-18,20,23-24H,3-6,10-14,16,19,21H2,1-2H3,(H,33,40)(H,38,39). The third kappa shape index (κ3) is 8.06. The van der Waals surface area contributed by atoms with E-state index < -0.39 is 5.97 Å². The molecule has 9 heteroatoms. The smallest absolute Gasteiger partial charge is 0.303 e. The van der Waals surface area contributed by atoms with Gasteiger partial charge in [0.2, 0.25) is 11.8 Å². The van der Waals surface area contributed by atoms with E-state index in [-0.39, 0.29) is 42.4 Å². The number of hydrogen-bond acceptors (Lipinski definition) is 5. The number of anilines is 1. The Labute approximate surface area is 245 Å². The van der Waals surface area contributed by atoms with Gasteiger partial charge in [-0.15, -0.1) is 11.3 Å². The topological polar surface area (TPSA) is 109 Å². The number of thiophene rings is 1. The van der Waals surface area contributed by atoms with E-state index in [1.165, 1.54) is 0 Å². The van der Waals surface area contributed by atoms with Crippen LogP contribution in [0.3, 0.4) is 0 Å². The van der Waals surface area contributed by atoms with Crippen LogP contribution in [-0.2, 0) is 20.9 Å². The van der Waals surface area contributed by atoms with E-state index in [2.05, 4.69) is 5.32 Å². The van der Waals surface area contributed by atoms with Crippen LogP contribution in [0.5, 0.6) is 0 Å². The Hall–Kier alpha value is -3.46. The lowest BCUT2D eigenvalue weighted by Gasteiger charge is -2.27. The monoisotopic (exact) mass is 579 g/mol. The zero-order valence-corrected chi connectivity index (χ0v) is 24.9. The van der Waals surface area contributed by atoms with Gasteiger partial charge in [-0.25, -0.2) is 0 Å². The first kappa shape index (κ1) is 30.5. The van der Waals surface area contributed by atoms with Crippen LogP contribution in [0, 0.1) is 18.8 Å². The van der Waals surface area contributed by atoms with Crippen LogP contribution < -0.4 is 10.2 Å². The fraction of sp³-hybridized carbons (Fsp3) is 0.500. The average Bonchev–Trinajstić information content (AvgIpc) is 3.54. The third-order valence-electron chi connectivity index (χ3n) is 8.09. The summed E-state index contributed by atoms with van der Waals surface area (Å²) in [7, 11) is 0. The van der Waals surface area contributed by atoms with Gasteiger partial charge < -0.3 is 19.9 Å². The van der Waals surface area contributed by atoms with Crippen molar-refractivity contribution in [1.82, 2.24) is 9.88 Å². The summed E-state index contributed by atoms with van der Waals surface area (Å²) in [6.45, 7) is 5.19. The van der Waals surface area contributed by atoms with Crippen LogP contribution in [0.2, 0.25) is 0 Å². The molecule has 2 aromatic heterocycles. The number of fused-ring (bicyclic) bond motifs is 1. The van der Waals surface area contributed by atoms with Gasteiger partial charge in [0, 0.05) is 37.5 Å². The Morgan fingerprint density at radius 2 is 1.83 bits per heavy atom. The number of carboxylic acids is 1. The number of unbranched alkanes of at least 4 members (excludes halogenated alkanes) is 2. The van der Waals surface area contributed by atoms with E-state index in [1.807, 2.05) is 60.2 Å². The number of likely N-dealkylation sites (N-methyl/N-ethyl adjacent to an activating group) is 1. The first-order valence-electron chi connectivity index (χ1n) is 14.7. The molecule has 1 aliphatic rings. The van der Waals surface area contributed by atoms with Crippen LogP contribution in [0.15, 0.2) is 41.8 Å². The highest BCUT2D eigenvalue weighted by molar-refractivity contribution is 7.17. The van der Waals surface area contributed by atoms with E-state index in [1.54, 1.807) is 16.2 Å². The second-order valence-electron chi connectivity index (χ2n) is 11.1. The molecular weight excluding hydrogens is 538 g/mol. The maximum absolute atomic E-state index is 13.6. The number of nitrogens with zero attached hydrogens (tertiary/aromatic N) is 2. The van der Waals surface area contributed by atoms with Crippen LogP contribution in [0.4, 0.5) is 5.69 Å². The number of hydrogen-bond donors (Lipinski definition) is 2. The van der Waals surface area contributed by atoms with Crippen molar-refractivity contribution in [2.45, 2.75) is 78.2 Å². The number of carbonyl (C=O) groups excluding carboxylic acids is 3. The van der Waals surface area contributed by atoms with Gasteiger partial charge in [-0.1, -0.05) is 18.6 Å². The first-order valence-corrected chi connectivity index (χ1v) is 15.6. The van der Waals surface area contributed by atoms with E-state index in [0.29, 0.717) is 31.6 Å². The molecule has 1 aliphatic carbocycles. The molecule has 0 aliphatic heterocycles. The second kappa shape index (κ2) is 14.4. The van der Waals surface area contributed by atoms with E-state index in [4.69, 9.17) is 5.11 Å². The summed E-state index contributed by atoms with van der Waals surface area (Å²) in [4.78, 5) is 52.0. The van der Waals surface area contributed by atoms with E-state index >= 15 is 0 Å². The molecule has 1 aromatic carbocycles. The molecule has 2 N–H and O–H groups in total. The number of amides is 2. The number of Topliss-reactive ketones (excluding diaryl/α,β-unsaturated/α-hetero) is 1. The molecule has 4 rings (SSSR count). The fourth-order valence-electron chi connectivity index (χ4n) is 5.83. The first-order chi connectivity index (χ1) is 19.8. The highest BCUT2D eigenvalue weighted by Gasteiger charge is 2.29. The van der Waals surface area contributed by atoms with Gasteiger partial charge in [0.25, 0.3) is 0 Å². The highest BCUT2D eigenvalue weighted by atomic mass is 32.1. The molecule has 41 heavy (non-hydrogen) atoms. The number of aryl methyl sites for hydroxylation is 1. The van der Waals surface area contributed by atoms with Gasteiger partial charge in [-0.3, -0.25) is 19.2 Å². The predicted molar refractivity (Wildman–Crippen MR) is 163 cm³/mol. The van der Waals surface area contributed by atoms with Crippen molar-refractivity contribution in [1.29, 1.82) is 0 Å². The maximum atomic E-state index is 13.6. The minimum atomic E-state index is -0.785. The molecule has 0 unspecified atom stereocenters. The number of carbonyl (C=O) groups is 4. The van der Waals surface area contributed by atoms with Crippen molar-refractivity contribution < 1.29 is 24.3 Å². The highest BCUT2D eigenvalue weighted by Crippen LogP contribution is 2.33. The molecule has 0 bridgehead atoms. The van der Waals surface area contributed by atoms with Crippen molar-refractivity contribution in [3.8, 4) is 0 Å². The zero-order valence-electron chi connectivity index (χ0n) is 24.1. The molecule has 0 spiro atoms. The SMILES string of the molecule is CCN(C(=O)Cn1c(C(=O)CC2CCC(C(=O)NCCCCCC(=O)O)CC2)cc2sccc21)c1cccc(C)c1. The second-order valence-corrected chi connectivity index (χ2v) is 12.1. The Morgan fingerprint density at radius 1 is 1.05 bits per heavy atom. The molecule has 0 saturated heterocycles. The summed E-state index contributed by atoms with van der Waals surface area (Å²) < 4.78 is 2.88. The average molecular weight is 580 g/mol. The number of rotatable bonds is 14. The van der Waals surface area contributed by atoms with Crippen molar-refractivity contribution in [2.24, 2.45) is 11.8 Å². The molecule has 2 heterocycles. The minimum Gasteiger partial charge on any atom is -0.481 e. The Balaban J connectivity index is 1.32. The van der Waals surface area contributed by atoms with Gasteiger partial charge in [0.15, 0.2) is 5.78 Å². The fourth-order valence-corrected chi connectivity index (χ4v) is 6.65. The number of aromatic nitrogens is 1. The molecule has 0 atom stereocenters. The number of aliphatic carboxylic acids is 1. The van der Waals surface area contributed by atoms with E-state index in [0.717, 1.165) is 60.0 Å². The summed E-state index contributed by atoms with van der Waals surface area (Å²) in [5.41, 5.74) is 3.45. The van der Waals surface area contributed by atoms with Crippen LogP contribution in [0.25, 0.3) is 10.2 Å². The van der Waals surface area contributed by atoms with Crippen LogP contribution in [-0.4, -0.2) is 46.3 Å². The molecule has 2 amide bonds. The maximum Gasteiger partial charge on any atom is 0.303 e. The lowest BCUT2D eigenvalue weighted by Crippen LogP contribution is -2.35. The molecule has 0 radical (unpaired) electrons. The van der Waals surface area contributed by atoms with Gasteiger partial charge in [0.05, 0.1) is 15.9 Å². The number of carboxylic acid groups (broad SMARTS) is 1. The van der Waals surface area contributed by atoms with Crippen molar-refractivity contribution in [3.05, 3.63) is 53.0 Å². The third-order valence-corrected chi connectivity index (χ3v) is 8.94. The summed E-state index contributed by atoms with van der Waals surface area (Å²) in [5, 5.41) is 13.7. The lowest BCUT2D eigenvalue weighted by atomic mass is 9.79. The Morgan fingerprint density at radius 3 is 2.54 bits per heavy atom. The van der Waals surface area contributed by atoms with Crippen molar-refractivity contribution in [2.75, 3.05) is 18.0 Å². The van der Waals surface area contributed by atoms with E-state index in [9.17, 15) is 19.2 Å². The zero-order chi connectivity index (χ0) is 29.4. The largest absolute Gasteiger partial charge is 0.481 e. The molecule has 1 fully saturated rings. The summed E-state index contributed by atoms with van der Waals surface area (Å²) in [5.74, 6) is -0.534. The number of ketones is 1. The Kier molecular flexibility index (Phi) is 10.7. The molecule has 1 saturated carbocycles. The number of benzene rings is 1. The summed E-state index contributed by atoms with van der Waals surface area (Å²) in [6.07, 6.45) is 5.96. The minimum absolute atomic E-state index is 0.0335. The quantitative estimate of drug-likeness (QED) is 0.175. The van der Waals surface area contributed by atoms with Crippen LogP contribution >= 0.6 is 11.3 Å². The van der Waals surface area contributed by atoms with Crippen LogP contribution in [0.1, 0.15) is 80.8 Å². The molecular formula is C32H41N3O5S.